The van der Waals surface area contributed by atoms with Crippen molar-refractivity contribution in [1.29, 1.82) is 0 Å². The highest BCUT2D eigenvalue weighted by molar-refractivity contribution is 8.19. The van der Waals surface area contributed by atoms with Gasteiger partial charge < -0.3 is 14.8 Å². The Bertz CT molecular complexity index is 1030. The molecule has 0 saturated carbocycles. The summed E-state index contributed by atoms with van der Waals surface area (Å²) >= 11 is 3.82. The van der Waals surface area contributed by atoms with Crippen LogP contribution >= 0.6 is 23.5 Å². The Kier molecular flexibility index (Phi) is 7.17. The Labute approximate surface area is 189 Å². The molecular formula is C24H21NO4S2. The third-order valence-electron chi connectivity index (χ3n) is 4.51. The number of hydrogen-bond donors (Lipinski definition) is 1. The van der Waals surface area contributed by atoms with Gasteiger partial charge in [0.05, 0.1) is 15.8 Å². The minimum atomic E-state index is -0.526. The van der Waals surface area contributed by atoms with Crippen molar-refractivity contribution < 1.29 is 19.1 Å². The lowest BCUT2D eigenvalue weighted by atomic mass is 10.1. The van der Waals surface area contributed by atoms with Crippen molar-refractivity contribution in [1.82, 2.24) is 0 Å². The smallest absolute Gasteiger partial charge is 0.338 e. The average molecular weight is 452 g/mol. The van der Waals surface area contributed by atoms with E-state index in [0.717, 1.165) is 11.5 Å². The first-order chi connectivity index (χ1) is 15.2. The largest absolute Gasteiger partial charge is 0.455 e. The fourth-order valence-corrected chi connectivity index (χ4v) is 5.86. The predicted octanol–water partition coefficient (Wildman–Crippen LogP) is 5.75. The van der Waals surface area contributed by atoms with Gasteiger partial charge in [-0.2, -0.15) is 0 Å². The molecule has 1 heterocycles. The number of esters is 1. The van der Waals surface area contributed by atoms with E-state index in [0.29, 0.717) is 27.3 Å². The van der Waals surface area contributed by atoms with Gasteiger partial charge in [0.15, 0.2) is 12.4 Å². The van der Waals surface area contributed by atoms with Crippen molar-refractivity contribution in [2.24, 2.45) is 0 Å². The first-order valence-corrected chi connectivity index (χ1v) is 11.9. The summed E-state index contributed by atoms with van der Waals surface area (Å²) in [5.41, 5.74) is 2.12. The van der Waals surface area contributed by atoms with Gasteiger partial charge in [-0.1, -0.05) is 42.5 Å². The van der Waals surface area contributed by atoms with E-state index in [9.17, 15) is 9.59 Å². The summed E-state index contributed by atoms with van der Waals surface area (Å²) in [7, 11) is 0. The maximum Gasteiger partial charge on any atom is 0.338 e. The van der Waals surface area contributed by atoms with Crippen LogP contribution < -0.4 is 10.1 Å². The first-order valence-electron chi connectivity index (χ1n) is 9.81. The minimum absolute atomic E-state index is 0.380. The van der Waals surface area contributed by atoms with Gasteiger partial charge in [-0.25, -0.2) is 4.79 Å². The highest BCUT2D eigenvalue weighted by Gasteiger charge is 2.19. The van der Waals surface area contributed by atoms with E-state index in [1.807, 2.05) is 72.1 Å². The zero-order chi connectivity index (χ0) is 21.5. The van der Waals surface area contributed by atoms with Gasteiger partial charge in [0.1, 0.15) is 5.75 Å². The van der Waals surface area contributed by atoms with Gasteiger partial charge in [0.25, 0.3) is 5.91 Å². The van der Waals surface area contributed by atoms with Gasteiger partial charge in [-0.05, 0) is 42.0 Å². The Morgan fingerprint density at radius 3 is 2.29 bits per heavy atom. The summed E-state index contributed by atoms with van der Waals surface area (Å²) in [6.07, 6.45) is 0. The minimum Gasteiger partial charge on any atom is -0.455 e. The van der Waals surface area contributed by atoms with Crippen LogP contribution in [0.2, 0.25) is 0 Å². The highest BCUT2D eigenvalue weighted by Crippen LogP contribution is 2.45. The molecule has 3 aromatic carbocycles. The molecule has 31 heavy (non-hydrogen) atoms. The molecule has 0 aliphatic carbocycles. The first kappa shape index (κ1) is 21.3. The van der Waals surface area contributed by atoms with Crippen LogP contribution in [0.3, 0.4) is 0 Å². The molecule has 1 amide bonds. The fraction of sp³-hybridized carbons (Fsp3) is 0.167. The number of nitrogens with one attached hydrogen (secondary N) is 1. The molecule has 7 heteroatoms. The quantitative estimate of drug-likeness (QED) is 0.461. The lowest BCUT2D eigenvalue weighted by Crippen LogP contribution is -2.21. The monoisotopic (exact) mass is 451 g/mol. The molecule has 0 aromatic heterocycles. The average Bonchev–Trinajstić information content (AvgIpc) is 3.35. The molecular weight excluding hydrogens is 430 g/mol. The molecule has 4 rings (SSSR count). The van der Waals surface area contributed by atoms with Crippen molar-refractivity contribution in [3.05, 3.63) is 90.0 Å². The molecule has 1 fully saturated rings. The number of amides is 1. The number of benzene rings is 3. The summed E-state index contributed by atoms with van der Waals surface area (Å²) in [6.45, 7) is -0.380. The van der Waals surface area contributed by atoms with Crippen LogP contribution in [-0.2, 0) is 9.53 Å². The molecule has 5 nitrogen and oxygen atoms in total. The molecule has 3 aromatic rings. The summed E-state index contributed by atoms with van der Waals surface area (Å²) in [5.74, 6) is 2.50. The SMILES string of the molecule is O=C(COC(=O)c1ccc(C2SCCS2)cc1)Nc1ccccc1Oc1ccccc1. The van der Waals surface area contributed by atoms with Crippen LogP contribution in [0.25, 0.3) is 0 Å². The van der Waals surface area contributed by atoms with Gasteiger partial charge in [0, 0.05) is 11.5 Å². The second kappa shape index (κ2) is 10.4. The molecule has 0 unspecified atom stereocenters. The maximum absolute atomic E-state index is 12.3. The summed E-state index contributed by atoms with van der Waals surface area (Å²) in [6, 6.07) is 23.8. The standard InChI is InChI=1S/C24H21NO4S2/c26-22(25-20-8-4-5-9-21(20)29-19-6-2-1-3-7-19)16-28-23(27)17-10-12-18(13-11-17)24-30-14-15-31-24/h1-13,24H,14-16H2,(H,25,26). The number of rotatable bonds is 7. The third kappa shape index (κ3) is 5.83. The second-order valence-corrected chi connectivity index (χ2v) is 9.46. The Morgan fingerprint density at radius 1 is 0.871 bits per heavy atom. The zero-order valence-electron chi connectivity index (χ0n) is 16.7. The number of thioether (sulfide) groups is 2. The normalized spacial score (nSPS) is 13.5. The van der Waals surface area contributed by atoms with Gasteiger partial charge in [0.2, 0.25) is 0 Å². The summed E-state index contributed by atoms with van der Waals surface area (Å²) < 4.78 is 11.4. The number of ether oxygens (including phenoxy) is 2. The number of carbonyl (C=O) groups is 2. The Morgan fingerprint density at radius 2 is 1.55 bits per heavy atom. The van der Waals surface area contributed by atoms with Crippen LogP contribution in [0.15, 0.2) is 78.9 Å². The topological polar surface area (TPSA) is 64.6 Å². The van der Waals surface area contributed by atoms with E-state index in [-0.39, 0.29) is 6.61 Å². The zero-order valence-corrected chi connectivity index (χ0v) is 18.3. The molecule has 0 radical (unpaired) electrons. The highest BCUT2D eigenvalue weighted by atomic mass is 32.2. The van der Waals surface area contributed by atoms with Crippen LogP contribution in [0.1, 0.15) is 20.5 Å². The van der Waals surface area contributed by atoms with Crippen molar-refractivity contribution in [2.75, 3.05) is 23.4 Å². The fourth-order valence-electron chi connectivity index (χ4n) is 3.00. The Hall–Kier alpha value is -2.90. The van der Waals surface area contributed by atoms with E-state index in [1.165, 1.54) is 5.56 Å². The van der Waals surface area contributed by atoms with E-state index in [2.05, 4.69) is 5.32 Å². The van der Waals surface area contributed by atoms with E-state index < -0.39 is 11.9 Å². The van der Waals surface area contributed by atoms with Crippen molar-refractivity contribution in [3.8, 4) is 11.5 Å². The van der Waals surface area contributed by atoms with Crippen molar-refractivity contribution in [2.45, 2.75) is 4.58 Å². The maximum atomic E-state index is 12.3. The van der Waals surface area contributed by atoms with Gasteiger partial charge in [-0.15, -0.1) is 23.5 Å². The van der Waals surface area contributed by atoms with Gasteiger partial charge >= 0.3 is 5.97 Å². The van der Waals surface area contributed by atoms with E-state index in [4.69, 9.17) is 9.47 Å². The molecule has 1 N–H and O–H groups in total. The summed E-state index contributed by atoms with van der Waals surface area (Å²) in [5, 5.41) is 2.74. The predicted molar refractivity (Wildman–Crippen MR) is 126 cm³/mol. The molecule has 158 valence electrons. The van der Waals surface area contributed by atoms with Crippen LogP contribution in [0.4, 0.5) is 5.69 Å². The second-order valence-electron chi connectivity index (χ2n) is 6.73. The Balaban J connectivity index is 1.31. The number of hydrogen-bond acceptors (Lipinski definition) is 6. The molecule has 1 saturated heterocycles. The molecule has 0 spiro atoms. The van der Waals surface area contributed by atoms with E-state index in [1.54, 1.807) is 30.3 Å². The lowest BCUT2D eigenvalue weighted by Gasteiger charge is -2.12. The van der Waals surface area contributed by atoms with Crippen molar-refractivity contribution >= 4 is 41.1 Å². The van der Waals surface area contributed by atoms with Crippen LogP contribution in [0.5, 0.6) is 11.5 Å². The summed E-state index contributed by atoms with van der Waals surface area (Å²) in [4.78, 5) is 24.6. The molecule has 1 aliphatic heterocycles. The number of carbonyl (C=O) groups excluding carboxylic acids is 2. The molecule has 0 bridgehead atoms. The van der Waals surface area contributed by atoms with Gasteiger partial charge in [-0.3, -0.25) is 4.79 Å². The number of para-hydroxylation sites is 3. The lowest BCUT2D eigenvalue weighted by molar-refractivity contribution is -0.119. The van der Waals surface area contributed by atoms with Crippen LogP contribution in [-0.4, -0.2) is 30.0 Å². The third-order valence-corrected chi connectivity index (χ3v) is 7.61. The van der Waals surface area contributed by atoms with E-state index >= 15 is 0 Å². The van der Waals surface area contributed by atoms with Crippen molar-refractivity contribution in [3.63, 3.8) is 0 Å². The number of anilines is 1. The molecule has 1 aliphatic rings. The van der Waals surface area contributed by atoms with Crippen LogP contribution in [0, 0.1) is 0 Å². The molecule has 0 atom stereocenters.